The van der Waals surface area contributed by atoms with Crippen LogP contribution in [0.15, 0.2) is 42.6 Å². The lowest BCUT2D eigenvalue weighted by Gasteiger charge is -2.02. The molecule has 0 aliphatic heterocycles. The molecule has 2 rings (SSSR count). The Hall–Kier alpha value is -2.09. The molecule has 2 nitrogen and oxygen atoms in total. The van der Waals surface area contributed by atoms with Gasteiger partial charge >= 0.3 is 0 Å². The summed E-state index contributed by atoms with van der Waals surface area (Å²) in [4.78, 5) is 4.45. The molecule has 0 bridgehead atoms. The third-order valence-electron chi connectivity index (χ3n) is 3.02. The number of aromatic nitrogens is 1. The Morgan fingerprint density at radius 2 is 1.80 bits per heavy atom. The van der Waals surface area contributed by atoms with E-state index in [1.54, 1.807) is 0 Å². The van der Waals surface area contributed by atoms with Gasteiger partial charge in [0.15, 0.2) is 0 Å². The van der Waals surface area contributed by atoms with Gasteiger partial charge in [0.2, 0.25) is 0 Å². The van der Waals surface area contributed by atoms with E-state index < -0.39 is 0 Å². The maximum Gasteiger partial charge on any atom is 0.119 e. The predicted octanol–water partition coefficient (Wildman–Crippen LogP) is 4.60. The maximum absolute atomic E-state index is 5.42. The number of aryl methyl sites for hydroxylation is 1. The van der Waals surface area contributed by atoms with Gasteiger partial charge in [0.25, 0.3) is 0 Å². The molecule has 0 saturated heterocycles. The fraction of sp³-hybridized carbons (Fsp3) is 0.278. The first-order valence-corrected chi connectivity index (χ1v) is 7.17. The largest absolute Gasteiger partial charge is 0.494 e. The van der Waals surface area contributed by atoms with Crippen molar-refractivity contribution < 1.29 is 4.74 Å². The zero-order valence-corrected chi connectivity index (χ0v) is 12.2. The summed E-state index contributed by atoms with van der Waals surface area (Å²) in [6.45, 7) is 4.87. The molecule has 0 saturated carbocycles. The molecule has 20 heavy (non-hydrogen) atoms. The minimum atomic E-state index is 0.698. The Morgan fingerprint density at radius 1 is 1.00 bits per heavy atom. The molecule has 0 atom stereocenters. The van der Waals surface area contributed by atoms with Crippen LogP contribution in [0.2, 0.25) is 0 Å². The van der Waals surface area contributed by atoms with Gasteiger partial charge in [0, 0.05) is 6.20 Å². The molecular weight excluding hydrogens is 246 g/mol. The van der Waals surface area contributed by atoms with Gasteiger partial charge in [0.05, 0.1) is 12.3 Å². The van der Waals surface area contributed by atoms with Crippen molar-refractivity contribution >= 4 is 12.2 Å². The molecule has 1 heterocycles. The van der Waals surface area contributed by atoms with E-state index in [9.17, 15) is 0 Å². The lowest BCUT2D eigenvalue weighted by molar-refractivity contribution is 0.340. The summed E-state index contributed by atoms with van der Waals surface area (Å²) in [7, 11) is 0. The van der Waals surface area contributed by atoms with Crippen molar-refractivity contribution in [1.29, 1.82) is 0 Å². The Bertz CT molecular complexity index is 489. The van der Waals surface area contributed by atoms with Crippen LogP contribution in [0.25, 0.3) is 12.2 Å². The highest BCUT2D eigenvalue weighted by Gasteiger charge is 1.94. The zero-order valence-electron chi connectivity index (χ0n) is 12.2. The fourth-order valence-electron chi connectivity index (χ4n) is 1.99. The van der Waals surface area contributed by atoms with E-state index >= 15 is 0 Å². The van der Waals surface area contributed by atoms with E-state index in [1.807, 2.05) is 43.5 Å². The van der Waals surface area contributed by atoms with Gasteiger partial charge in [-0.15, -0.1) is 0 Å². The first-order chi connectivity index (χ1) is 9.81. The second-order valence-electron chi connectivity index (χ2n) is 4.68. The number of hydrogen-bond donors (Lipinski definition) is 0. The van der Waals surface area contributed by atoms with Crippen LogP contribution in [-0.4, -0.2) is 11.6 Å². The monoisotopic (exact) mass is 267 g/mol. The van der Waals surface area contributed by atoms with Crippen LogP contribution in [0, 0.1) is 0 Å². The van der Waals surface area contributed by atoms with Gasteiger partial charge in [-0.3, -0.25) is 4.98 Å². The van der Waals surface area contributed by atoms with E-state index in [1.165, 1.54) is 5.56 Å². The van der Waals surface area contributed by atoms with Gasteiger partial charge < -0.3 is 4.74 Å². The molecule has 2 heteroatoms. The summed E-state index contributed by atoms with van der Waals surface area (Å²) < 4.78 is 5.42. The summed E-state index contributed by atoms with van der Waals surface area (Å²) in [6, 6.07) is 12.3. The van der Waals surface area contributed by atoms with Crippen molar-refractivity contribution in [2.75, 3.05) is 6.61 Å². The van der Waals surface area contributed by atoms with Crippen molar-refractivity contribution in [2.45, 2.75) is 26.7 Å². The van der Waals surface area contributed by atoms with E-state index in [-0.39, 0.29) is 0 Å². The van der Waals surface area contributed by atoms with Gasteiger partial charge in [-0.1, -0.05) is 37.6 Å². The average molecular weight is 267 g/mol. The lowest BCUT2D eigenvalue weighted by atomic mass is 10.1. The van der Waals surface area contributed by atoms with Crippen molar-refractivity contribution in [2.24, 2.45) is 0 Å². The molecule has 0 aliphatic rings. The summed E-state index contributed by atoms with van der Waals surface area (Å²) in [5, 5.41) is 0. The van der Waals surface area contributed by atoms with Crippen LogP contribution in [0.5, 0.6) is 5.75 Å². The van der Waals surface area contributed by atoms with Crippen molar-refractivity contribution in [3.05, 3.63) is 59.4 Å². The van der Waals surface area contributed by atoms with Crippen LogP contribution in [-0.2, 0) is 6.42 Å². The third kappa shape index (κ3) is 4.23. The average Bonchev–Trinajstić information content (AvgIpc) is 2.49. The minimum absolute atomic E-state index is 0.698. The van der Waals surface area contributed by atoms with Crippen LogP contribution in [0.4, 0.5) is 0 Å². The highest BCUT2D eigenvalue weighted by molar-refractivity contribution is 5.68. The topological polar surface area (TPSA) is 22.1 Å². The van der Waals surface area contributed by atoms with Gasteiger partial charge in [-0.2, -0.15) is 0 Å². The SMILES string of the molecule is CCCc1ccc(/C=C/c2ccc(OCC)cc2)nc1. The Labute approximate surface area is 121 Å². The normalized spacial score (nSPS) is 10.9. The van der Waals surface area contributed by atoms with Gasteiger partial charge in [0.1, 0.15) is 5.75 Å². The quantitative estimate of drug-likeness (QED) is 0.763. The first-order valence-electron chi connectivity index (χ1n) is 7.17. The molecule has 0 amide bonds. The summed E-state index contributed by atoms with van der Waals surface area (Å²) >= 11 is 0. The number of ether oxygens (including phenoxy) is 1. The molecule has 0 radical (unpaired) electrons. The Kier molecular flexibility index (Phi) is 5.36. The molecule has 0 unspecified atom stereocenters. The minimum Gasteiger partial charge on any atom is -0.494 e. The van der Waals surface area contributed by atoms with Gasteiger partial charge in [-0.25, -0.2) is 0 Å². The number of benzene rings is 1. The van der Waals surface area contributed by atoms with Crippen LogP contribution in [0.3, 0.4) is 0 Å². The molecule has 2 aromatic rings. The third-order valence-corrected chi connectivity index (χ3v) is 3.02. The Morgan fingerprint density at radius 3 is 2.40 bits per heavy atom. The fourth-order valence-corrected chi connectivity index (χ4v) is 1.99. The number of rotatable bonds is 6. The molecule has 0 fully saturated rings. The maximum atomic E-state index is 5.42. The lowest BCUT2D eigenvalue weighted by Crippen LogP contribution is -1.90. The van der Waals surface area contributed by atoms with Crippen LogP contribution >= 0.6 is 0 Å². The Balaban J connectivity index is 2.01. The van der Waals surface area contributed by atoms with Crippen LogP contribution < -0.4 is 4.74 Å². The van der Waals surface area contributed by atoms with Crippen molar-refractivity contribution in [1.82, 2.24) is 4.98 Å². The first kappa shape index (κ1) is 14.3. The zero-order chi connectivity index (χ0) is 14.2. The molecule has 104 valence electrons. The summed E-state index contributed by atoms with van der Waals surface area (Å²) in [5.41, 5.74) is 3.43. The van der Waals surface area contributed by atoms with Crippen molar-refractivity contribution in [3.8, 4) is 5.75 Å². The second-order valence-corrected chi connectivity index (χ2v) is 4.68. The van der Waals surface area contributed by atoms with E-state index in [0.717, 1.165) is 29.8 Å². The highest BCUT2D eigenvalue weighted by atomic mass is 16.5. The molecule has 0 aliphatic carbocycles. The molecule has 0 spiro atoms. The van der Waals surface area contributed by atoms with Crippen LogP contribution in [0.1, 0.15) is 37.1 Å². The van der Waals surface area contributed by atoms with Gasteiger partial charge in [-0.05, 0) is 48.7 Å². The summed E-state index contributed by atoms with van der Waals surface area (Å²) in [6.07, 6.45) is 8.31. The molecular formula is C18H21NO. The number of pyridine rings is 1. The molecule has 1 aromatic heterocycles. The predicted molar refractivity (Wildman–Crippen MR) is 84.8 cm³/mol. The number of hydrogen-bond acceptors (Lipinski definition) is 2. The highest BCUT2D eigenvalue weighted by Crippen LogP contribution is 2.14. The molecule has 1 aromatic carbocycles. The number of nitrogens with zero attached hydrogens (tertiary/aromatic N) is 1. The van der Waals surface area contributed by atoms with E-state index in [0.29, 0.717) is 6.61 Å². The summed E-state index contributed by atoms with van der Waals surface area (Å²) in [5.74, 6) is 0.909. The van der Waals surface area contributed by atoms with E-state index in [2.05, 4.69) is 30.1 Å². The second kappa shape index (κ2) is 7.49. The van der Waals surface area contributed by atoms with E-state index in [4.69, 9.17) is 4.74 Å². The molecule has 0 N–H and O–H groups in total. The smallest absolute Gasteiger partial charge is 0.119 e. The standard InChI is InChI=1S/C18H21NO/c1-3-5-16-7-11-17(19-14-16)10-6-15-8-12-18(13-9-15)20-4-2/h6-14H,3-5H2,1-2H3/b10-6+. The van der Waals surface area contributed by atoms with Crippen molar-refractivity contribution in [3.63, 3.8) is 0 Å².